The first-order valence-electron chi connectivity index (χ1n) is 6.40. The first-order valence-corrected chi connectivity index (χ1v) is 8.09. The molecule has 0 fully saturated rings. The number of rotatable bonds is 4. The summed E-state index contributed by atoms with van der Waals surface area (Å²) >= 11 is 3.06. The van der Waals surface area contributed by atoms with Gasteiger partial charge in [-0.3, -0.25) is 0 Å². The van der Waals surface area contributed by atoms with Crippen LogP contribution in [0, 0.1) is 11.6 Å². The fourth-order valence-electron chi connectivity index (χ4n) is 2.36. The van der Waals surface area contributed by atoms with E-state index in [0.29, 0.717) is 0 Å². The van der Waals surface area contributed by atoms with Gasteiger partial charge in [0.2, 0.25) is 0 Å². The Morgan fingerprint density at radius 3 is 2.62 bits per heavy atom. The molecule has 0 aliphatic carbocycles. The number of thiophene rings is 2. The molecule has 6 heteroatoms. The summed E-state index contributed by atoms with van der Waals surface area (Å²) in [5, 5.41) is 12.5. The maximum Gasteiger partial charge on any atom is 0.129 e. The summed E-state index contributed by atoms with van der Waals surface area (Å²) in [5.74, 6) is -1.92. The van der Waals surface area contributed by atoms with Crippen LogP contribution in [0.2, 0.25) is 0 Å². The molecule has 0 aliphatic heterocycles. The molecule has 0 amide bonds. The molecule has 0 spiro atoms. The highest BCUT2D eigenvalue weighted by Gasteiger charge is 2.26. The van der Waals surface area contributed by atoms with E-state index >= 15 is 0 Å². The lowest BCUT2D eigenvalue weighted by Gasteiger charge is -2.21. The van der Waals surface area contributed by atoms with E-state index in [1.807, 2.05) is 17.5 Å². The van der Waals surface area contributed by atoms with Crippen molar-refractivity contribution in [1.82, 2.24) is 0 Å². The Kier molecular flexibility index (Phi) is 4.03. The number of fused-ring (bicyclic) bond motifs is 1. The maximum atomic E-state index is 13.9. The van der Waals surface area contributed by atoms with Crippen molar-refractivity contribution >= 4 is 32.1 Å². The van der Waals surface area contributed by atoms with Crippen LogP contribution >= 0.6 is 22.7 Å². The number of hydrogen-bond donors (Lipinski definition) is 2. The predicted molar refractivity (Wildman–Crippen MR) is 82.8 cm³/mol. The Hall–Kier alpha value is -1.34. The second-order valence-corrected chi connectivity index (χ2v) is 6.81. The third-order valence-electron chi connectivity index (χ3n) is 3.45. The number of halogens is 2. The summed E-state index contributed by atoms with van der Waals surface area (Å²) in [6.45, 7) is 0.0786. The van der Waals surface area contributed by atoms with Crippen LogP contribution in [-0.2, 0) is 0 Å². The predicted octanol–water partition coefficient (Wildman–Crippen LogP) is 4.02. The Morgan fingerprint density at radius 1 is 1.14 bits per heavy atom. The van der Waals surface area contributed by atoms with Gasteiger partial charge in [0, 0.05) is 32.8 Å². The van der Waals surface area contributed by atoms with Gasteiger partial charge < -0.3 is 10.8 Å². The number of aliphatic hydroxyl groups is 1. The molecule has 21 heavy (non-hydrogen) atoms. The SMILES string of the molecule is NCC(c1ccc(F)cc1F)C(O)c1cc2sccc2s1. The van der Waals surface area contributed by atoms with Crippen LogP contribution in [0.15, 0.2) is 35.7 Å². The molecule has 2 unspecified atom stereocenters. The first kappa shape index (κ1) is 14.6. The molecule has 3 aromatic rings. The van der Waals surface area contributed by atoms with E-state index in [1.165, 1.54) is 23.5 Å². The third kappa shape index (κ3) is 2.72. The standard InChI is InChI=1S/C15H13F2NOS2/c16-8-1-2-9(11(17)5-8)10(7-18)15(19)14-6-13-12(21-14)3-4-20-13/h1-6,10,15,19H,7,18H2. The van der Waals surface area contributed by atoms with Crippen molar-refractivity contribution in [3.8, 4) is 0 Å². The van der Waals surface area contributed by atoms with Gasteiger partial charge in [-0.05, 0) is 29.1 Å². The highest BCUT2D eigenvalue weighted by atomic mass is 32.1. The Labute approximate surface area is 128 Å². The van der Waals surface area contributed by atoms with E-state index < -0.39 is 23.7 Å². The second kappa shape index (κ2) is 5.81. The van der Waals surface area contributed by atoms with E-state index in [1.54, 1.807) is 11.3 Å². The molecule has 2 heterocycles. The fraction of sp³-hybridized carbons (Fsp3) is 0.200. The average Bonchev–Trinajstić information content (AvgIpc) is 3.02. The van der Waals surface area contributed by atoms with Gasteiger partial charge >= 0.3 is 0 Å². The van der Waals surface area contributed by atoms with Crippen molar-refractivity contribution in [2.24, 2.45) is 5.73 Å². The number of aliphatic hydroxyl groups excluding tert-OH is 1. The van der Waals surface area contributed by atoms with Crippen LogP contribution in [-0.4, -0.2) is 11.7 Å². The van der Waals surface area contributed by atoms with Crippen molar-refractivity contribution in [2.45, 2.75) is 12.0 Å². The molecule has 0 radical (unpaired) electrons. The minimum Gasteiger partial charge on any atom is -0.387 e. The molecule has 0 aliphatic rings. The summed E-state index contributed by atoms with van der Waals surface area (Å²) in [5.41, 5.74) is 5.95. The lowest BCUT2D eigenvalue weighted by atomic mass is 9.92. The smallest absolute Gasteiger partial charge is 0.129 e. The summed E-state index contributed by atoms with van der Waals surface area (Å²) in [7, 11) is 0. The normalized spacial score (nSPS) is 14.5. The van der Waals surface area contributed by atoms with Crippen LogP contribution in [0.5, 0.6) is 0 Å². The molecule has 1 aromatic carbocycles. The summed E-state index contributed by atoms with van der Waals surface area (Å²) in [6.07, 6.45) is -0.903. The average molecular weight is 325 g/mol. The minimum absolute atomic E-state index is 0.0786. The molecule has 0 bridgehead atoms. The molecule has 3 rings (SSSR count). The highest BCUT2D eigenvalue weighted by molar-refractivity contribution is 7.26. The van der Waals surface area contributed by atoms with E-state index in [0.717, 1.165) is 20.3 Å². The van der Waals surface area contributed by atoms with Gasteiger partial charge in [-0.2, -0.15) is 0 Å². The fourth-order valence-corrected chi connectivity index (χ4v) is 4.53. The number of hydrogen-bond acceptors (Lipinski definition) is 4. The van der Waals surface area contributed by atoms with E-state index in [4.69, 9.17) is 5.73 Å². The molecule has 0 saturated heterocycles. The maximum absolute atomic E-state index is 13.9. The van der Waals surface area contributed by atoms with Crippen LogP contribution in [0.4, 0.5) is 8.78 Å². The monoisotopic (exact) mass is 325 g/mol. The topological polar surface area (TPSA) is 46.2 Å². The van der Waals surface area contributed by atoms with Gasteiger partial charge in [0.15, 0.2) is 0 Å². The van der Waals surface area contributed by atoms with Gasteiger partial charge in [-0.15, -0.1) is 22.7 Å². The van der Waals surface area contributed by atoms with Crippen LogP contribution in [0.1, 0.15) is 22.5 Å². The Bertz CT molecular complexity index is 739. The molecule has 2 nitrogen and oxygen atoms in total. The summed E-state index contributed by atoms with van der Waals surface area (Å²) < 4.78 is 29.1. The zero-order valence-electron chi connectivity index (χ0n) is 10.9. The van der Waals surface area contributed by atoms with Crippen LogP contribution < -0.4 is 5.73 Å². The Balaban J connectivity index is 1.96. The van der Waals surface area contributed by atoms with Crippen LogP contribution in [0.3, 0.4) is 0 Å². The van der Waals surface area contributed by atoms with Gasteiger partial charge in [0.1, 0.15) is 11.6 Å². The van der Waals surface area contributed by atoms with Gasteiger partial charge in [-0.25, -0.2) is 8.78 Å². The molecular formula is C15H13F2NOS2. The lowest BCUT2D eigenvalue weighted by Crippen LogP contribution is -2.20. The van der Waals surface area contributed by atoms with Gasteiger partial charge in [-0.1, -0.05) is 6.07 Å². The number of benzene rings is 1. The molecule has 2 atom stereocenters. The third-order valence-corrected chi connectivity index (χ3v) is 5.61. The van der Waals surface area contributed by atoms with E-state index in [9.17, 15) is 13.9 Å². The van der Waals surface area contributed by atoms with Gasteiger partial charge in [0.25, 0.3) is 0 Å². The van der Waals surface area contributed by atoms with Crippen molar-refractivity contribution < 1.29 is 13.9 Å². The van der Waals surface area contributed by atoms with Crippen molar-refractivity contribution in [3.63, 3.8) is 0 Å². The van der Waals surface area contributed by atoms with Crippen LogP contribution in [0.25, 0.3) is 9.40 Å². The van der Waals surface area contributed by atoms with Crippen molar-refractivity contribution in [1.29, 1.82) is 0 Å². The van der Waals surface area contributed by atoms with E-state index in [-0.39, 0.29) is 12.1 Å². The summed E-state index contributed by atoms with van der Waals surface area (Å²) in [4.78, 5) is 0.746. The largest absolute Gasteiger partial charge is 0.387 e. The second-order valence-electron chi connectivity index (χ2n) is 4.75. The first-order chi connectivity index (χ1) is 10.1. The minimum atomic E-state index is -0.903. The zero-order valence-corrected chi connectivity index (χ0v) is 12.6. The Morgan fingerprint density at radius 2 is 1.95 bits per heavy atom. The molecule has 3 N–H and O–H groups in total. The molecular weight excluding hydrogens is 312 g/mol. The number of nitrogens with two attached hydrogens (primary N) is 1. The zero-order chi connectivity index (χ0) is 15.0. The quantitative estimate of drug-likeness (QED) is 0.761. The molecule has 2 aromatic heterocycles. The van der Waals surface area contributed by atoms with Crippen molar-refractivity contribution in [3.05, 3.63) is 57.8 Å². The molecule has 0 saturated carbocycles. The van der Waals surface area contributed by atoms with E-state index in [2.05, 4.69) is 0 Å². The van der Waals surface area contributed by atoms with Crippen molar-refractivity contribution in [2.75, 3.05) is 6.54 Å². The summed E-state index contributed by atoms with van der Waals surface area (Å²) in [6, 6.07) is 7.23. The molecule has 110 valence electrons. The highest BCUT2D eigenvalue weighted by Crippen LogP contribution is 2.39. The van der Waals surface area contributed by atoms with Gasteiger partial charge in [0.05, 0.1) is 6.10 Å². The lowest BCUT2D eigenvalue weighted by molar-refractivity contribution is 0.149.